The summed E-state index contributed by atoms with van der Waals surface area (Å²) in [5.41, 5.74) is 2.03. The Hall–Kier alpha value is -1.96. The molecule has 4 atom stereocenters. The molecule has 6 nitrogen and oxygen atoms in total. The summed E-state index contributed by atoms with van der Waals surface area (Å²) >= 11 is 6.15. The lowest BCUT2D eigenvalue weighted by atomic mass is 9.78. The van der Waals surface area contributed by atoms with Crippen molar-refractivity contribution in [3.05, 3.63) is 70.2 Å². The van der Waals surface area contributed by atoms with E-state index in [9.17, 15) is 4.79 Å². The Morgan fingerprint density at radius 3 is 2.53 bits per heavy atom. The standard InChI is InChI=1S/C27H34ClNO5/c1-5-29-25(30)27(32-17-19-9-6-8-18(2)12-19)14-22(24-23(15-27)33-26(3,4)34-24)31-16-20-10-7-11-21(28)13-20/h6-13,22-24H,5,14-17H2,1-4H3,(H,29,30)/t22-,23+,24-,27+/m0/s1. The highest BCUT2D eigenvalue weighted by Gasteiger charge is 2.57. The summed E-state index contributed by atoms with van der Waals surface area (Å²) in [6.45, 7) is 8.91. The first-order valence-corrected chi connectivity index (χ1v) is 12.3. The summed E-state index contributed by atoms with van der Waals surface area (Å²) in [4.78, 5) is 13.4. The molecule has 34 heavy (non-hydrogen) atoms. The van der Waals surface area contributed by atoms with Crippen molar-refractivity contribution in [3.8, 4) is 0 Å². The number of halogens is 1. The van der Waals surface area contributed by atoms with Crippen LogP contribution in [0.2, 0.25) is 5.02 Å². The minimum absolute atomic E-state index is 0.147. The van der Waals surface area contributed by atoms with Gasteiger partial charge in [-0.15, -0.1) is 0 Å². The number of carbonyl (C=O) groups excluding carboxylic acids is 1. The average Bonchev–Trinajstić information content (AvgIpc) is 3.10. The third-order valence-corrected chi connectivity index (χ3v) is 6.59. The fraction of sp³-hybridized carbons (Fsp3) is 0.519. The van der Waals surface area contributed by atoms with Gasteiger partial charge in [-0.05, 0) is 51.0 Å². The van der Waals surface area contributed by atoms with E-state index in [0.29, 0.717) is 37.6 Å². The van der Waals surface area contributed by atoms with Crippen LogP contribution in [0.5, 0.6) is 0 Å². The normalized spacial score (nSPS) is 27.9. The second kappa shape index (κ2) is 10.3. The van der Waals surface area contributed by atoms with E-state index in [1.54, 1.807) is 0 Å². The van der Waals surface area contributed by atoms with Crippen LogP contribution in [-0.4, -0.2) is 42.2 Å². The molecule has 0 spiro atoms. The molecule has 1 heterocycles. The number of nitrogens with one attached hydrogen (secondary N) is 1. The summed E-state index contributed by atoms with van der Waals surface area (Å²) in [5, 5.41) is 3.63. The predicted octanol–water partition coefficient (Wildman–Crippen LogP) is 4.94. The van der Waals surface area contributed by atoms with Crippen LogP contribution in [0.4, 0.5) is 0 Å². The van der Waals surface area contributed by atoms with Gasteiger partial charge in [-0.1, -0.05) is 53.6 Å². The first-order valence-electron chi connectivity index (χ1n) is 11.9. The quantitative estimate of drug-likeness (QED) is 0.571. The molecule has 4 rings (SSSR count). The number of benzene rings is 2. The van der Waals surface area contributed by atoms with Gasteiger partial charge in [0.15, 0.2) is 11.4 Å². The monoisotopic (exact) mass is 487 g/mol. The molecule has 2 fully saturated rings. The van der Waals surface area contributed by atoms with Crippen molar-refractivity contribution in [2.24, 2.45) is 0 Å². The van der Waals surface area contributed by atoms with Gasteiger partial charge in [0.2, 0.25) is 0 Å². The zero-order valence-corrected chi connectivity index (χ0v) is 21.1. The van der Waals surface area contributed by atoms with Gasteiger partial charge < -0.3 is 24.3 Å². The molecule has 0 bridgehead atoms. The molecule has 0 aromatic heterocycles. The van der Waals surface area contributed by atoms with E-state index in [1.807, 2.05) is 70.2 Å². The molecule has 1 N–H and O–H groups in total. The van der Waals surface area contributed by atoms with E-state index < -0.39 is 11.4 Å². The molecule has 0 radical (unpaired) electrons. The van der Waals surface area contributed by atoms with E-state index in [2.05, 4.69) is 11.4 Å². The lowest BCUT2D eigenvalue weighted by Gasteiger charge is -2.43. The zero-order chi connectivity index (χ0) is 24.3. The van der Waals surface area contributed by atoms with Crippen LogP contribution in [-0.2, 0) is 37.0 Å². The Morgan fingerprint density at radius 2 is 1.82 bits per heavy atom. The molecule has 7 heteroatoms. The van der Waals surface area contributed by atoms with Crippen LogP contribution >= 0.6 is 11.6 Å². The summed E-state index contributed by atoms with van der Waals surface area (Å²) in [7, 11) is 0. The van der Waals surface area contributed by atoms with Gasteiger partial charge in [0.05, 0.1) is 25.4 Å². The van der Waals surface area contributed by atoms with Crippen LogP contribution in [0.25, 0.3) is 0 Å². The average molecular weight is 488 g/mol. The largest absolute Gasteiger partial charge is 0.371 e. The molecule has 1 aliphatic carbocycles. The van der Waals surface area contributed by atoms with Crippen LogP contribution in [0.1, 0.15) is 50.3 Å². The first-order chi connectivity index (χ1) is 16.2. The third-order valence-electron chi connectivity index (χ3n) is 6.35. The summed E-state index contributed by atoms with van der Waals surface area (Å²) in [6, 6.07) is 15.7. The number of fused-ring (bicyclic) bond motifs is 1. The number of aryl methyl sites for hydroxylation is 1. The van der Waals surface area contributed by atoms with Crippen molar-refractivity contribution in [3.63, 3.8) is 0 Å². The Bertz CT molecular complexity index is 1010. The van der Waals surface area contributed by atoms with Crippen LogP contribution in [0, 0.1) is 6.92 Å². The van der Waals surface area contributed by atoms with Crippen molar-refractivity contribution < 1.29 is 23.7 Å². The third kappa shape index (κ3) is 5.81. The Kier molecular flexibility index (Phi) is 7.65. The van der Waals surface area contributed by atoms with Gasteiger partial charge in [-0.25, -0.2) is 0 Å². The smallest absolute Gasteiger partial charge is 0.252 e. The number of likely N-dealkylation sites (N-methyl/N-ethyl adjacent to an activating group) is 1. The zero-order valence-electron chi connectivity index (χ0n) is 20.3. The molecule has 2 aromatic carbocycles. The molecular formula is C27H34ClNO5. The molecule has 1 saturated carbocycles. The highest BCUT2D eigenvalue weighted by atomic mass is 35.5. The maximum Gasteiger partial charge on any atom is 0.252 e. The van der Waals surface area contributed by atoms with Crippen molar-refractivity contribution in [1.29, 1.82) is 0 Å². The molecule has 2 aromatic rings. The molecule has 2 aliphatic rings. The van der Waals surface area contributed by atoms with Crippen molar-refractivity contribution in [2.75, 3.05) is 6.54 Å². The molecule has 1 amide bonds. The molecule has 0 unspecified atom stereocenters. The second-order valence-electron chi connectivity index (χ2n) is 9.66. The SMILES string of the molecule is CCNC(=O)[C@@]1(OCc2cccc(C)c2)C[C@H](OCc2cccc(Cl)c2)[C@@H]2OC(C)(C)O[C@@H]2C1. The van der Waals surface area contributed by atoms with E-state index in [0.717, 1.165) is 16.7 Å². The molecule has 1 aliphatic heterocycles. The number of rotatable bonds is 8. The Balaban J connectivity index is 1.59. The molecular weight excluding hydrogens is 454 g/mol. The number of hydrogen-bond donors (Lipinski definition) is 1. The number of amides is 1. The maximum absolute atomic E-state index is 13.4. The predicted molar refractivity (Wildman–Crippen MR) is 130 cm³/mol. The summed E-state index contributed by atoms with van der Waals surface area (Å²) in [6.07, 6.45) is -0.242. The van der Waals surface area contributed by atoms with Crippen LogP contribution in [0.3, 0.4) is 0 Å². The Labute approximate surface area is 206 Å². The number of ether oxygens (including phenoxy) is 4. The summed E-state index contributed by atoms with van der Waals surface area (Å²) in [5.74, 6) is -0.910. The van der Waals surface area contributed by atoms with Gasteiger partial charge in [-0.2, -0.15) is 0 Å². The fourth-order valence-corrected chi connectivity index (χ4v) is 5.10. The van der Waals surface area contributed by atoms with E-state index in [-0.39, 0.29) is 24.2 Å². The van der Waals surface area contributed by atoms with Gasteiger partial charge in [0.25, 0.3) is 5.91 Å². The topological polar surface area (TPSA) is 66.0 Å². The molecule has 184 valence electrons. The van der Waals surface area contributed by atoms with E-state index in [4.69, 9.17) is 30.5 Å². The van der Waals surface area contributed by atoms with Gasteiger partial charge in [0, 0.05) is 24.4 Å². The summed E-state index contributed by atoms with van der Waals surface area (Å²) < 4.78 is 25.3. The van der Waals surface area contributed by atoms with Gasteiger partial charge in [-0.3, -0.25) is 4.79 Å². The lowest BCUT2D eigenvalue weighted by Crippen LogP contribution is -2.60. The number of carbonyl (C=O) groups is 1. The minimum atomic E-state index is -1.09. The molecule has 1 saturated heterocycles. The van der Waals surface area contributed by atoms with Crippen LogP contribution < -0.4 is 5.32 Å². The van der Waals surface area contributed by atoms with Crippen LogP contribution in [0.15, 0.2) is 48.5 Å². The van der Waals surface area contributed by atoms with Gasteiger partial charge >= 0.3 is 0 Å². The first kappa shape index (κ1) is 25.1. The number of hydrogen-bond acceptors (Lipinski definition) is 5. The maximum atomic E-state index is 13.4. The second-order valence-corrected chi connectivity index (χ2v) is 10.1. The van der Waals surface area contributed by atoms with Crippen molar-refractivity contribution >= 4 is 17.5 Å². The minimum Gasteiger partial charge on any atom is -0.371 e. The fourth-order valence-electron chi connectivity index (χ4n) is 4.88. The van der Waals surface area contributed by atoms with E-state index >= 15 is 0 Å². The highest BCUT2D eigenvalue weighted by molar-refractivity contribution is 6.30. The van der Waals surface area contributed by atoms with Crippen molar-refractivity contribution in [2.45, 2.75) is 83.5 Å². The lowest BCUT2D eigenvalue weighted by molar-refractivity contribution is -0.183. The van der Waals surface area contributed by atoms with Gasteiger partial charge in [0.1, 0.15) is 6.10 Å². The Morgan fingerprint density at radius 1 is 1.09 bits per heavy atom. The van der Waals surface area contributed by atoms with Crippen molar-refractivity contribution in [1.82, 2.24) is 5.32 Å². The highest BCUT2D eigenvalue weighted by Crippen LogP contribution is 2.44. The van der Waals surface area contributed by atoms with E-state index in [1.165, 1.54) is 0 Å².